The Hall–Kier alpha value is -3.35. The summed E-state index contributed by atoms with van der Waals surface area (Å²) in [5.41, 5.74) is 2.97. The standard InChI is InChI=1S/C19H22N6O/c1-24(2)18-16(5-3-10-20-18)14-22-19(26)21-13-15-6-8-17(9-7-15)25-12-4-11-23-25/h3-12H,13-14H2,1-2H3,(H2,21,22,26). The zero-order valence-electron chi connectivity index (χ0n) is 14.9. The number of carbonyl (C=O) groups excluding carboxylic acids is 1. The summed E-state index contributed by atoms with van der Waals surface area (Å²) in [5, 5.41) is 9.92. The van der Waals surface area contributed by atoms with Crippen molar-refractivity contribution in [3.63, 3.8) is 0 Å². The summed E-state index contributed by atoms with van der Waals surface area (Å²) in [4.78, 5) is 18.3. The number of anilines is 1. The molecule has 134 valence electrons. The first-order valence-electron chi connectivity index (χ1n) is 8.35. The zero-order valence-corrected chi connectivity index (χ0v) is 14.9. The lowest BCUT2D eigenvalue weighted by molar-refractivity contribution is 0.240. The smallest absolute Gasteiger partial charge is 0.315 e. The van der Waals surface area contributed by atoms with E-state index in [9.17, 15) is 4.79 Å². The molecule has 3 rings (SSSR count). The van der Waals surface area contributed by atoms with Gasteiger partial charge in [0.1, 0.15) is 5.82 Å². The Balaban J connectivity index is 1.50. The van der Waals surface area contributed by atoms with E-state index in [1.165, 1.54) is 0 Å². The number of urea groups is 1. The maximum absolute atomic E-state index is 12.1. The normalized spacial score (nSPS) is 10.4. The molecule has 1 aromatic carbocycles. The van der Waals surface area contributed by atoms with E-state index in [2.05, 4.69) is 20.7 Å². The number of hydrogen-bond donors (Lipinski definition) is 2. The van der Waals surface area contributed by atoms with E-state index in [4.69, 9.17) is 0 Å². The molecule has 0 unspecified atom stereocenters. The molecule has 0 radical (unpaired) electrons. The van der Waals surface area contributed by atoms with E-state index < -0.39 is 0 Å². The number of carbonyl (C=O) groups is 1. The third kappa shape index (κ3) is 4.38. The van der Waals surface area contributed by atoms with Crippen LogP contribution < -0.4 is 15.5 Å². The molecule has 0 saturated carbocycles. The predicted octanol–water partition coefficient (Wildman–Crippen LogP) is 2.33. The van der Waals surface area contributed by atoms with Gasteiger partial charge in [-0.3, -0.25) is 0 Å². The second-order valence-electron chi connectivity index (χ2n) is 6.03. The molecule has 2 heterocycles. The average Bonchev–Trinajstić information content (AvgIpc) is 3.20. The van der Waals surface area contributed by atoms with Gasteiger partial charge >= 0.3 is 6.03 Å². The van der Waals surface area contributed by atoms with Gasteiger partial charge in [0.15, 0.2) is 0 Å². The third-order valence-electron chi connectivity index (χ3n) is 3.89. The highest BCUT2D eigenvalue weighted by atomic mass is 16.2. The van der Waals surface area contributed by atoms with Crippen LogP contribution in [0.4, 0.5) is 10.6 Å². The molecular weight excluding hydrogens is 328 g/mol. The number of hydrogen-bond acceptors (Lipinski definition) is 4. The van der Waals surface area contributed by atoms with Crippen molar-refractivity contribution in [2.24, 2.45) is 0 Å². The van der Waals surface area contributed by atoms with E-state index in [0.717, 1.165) is 22.6 Å². The van der Waals surface area contributed by atoms with Crippen molar-refractivity contribution in [2.75, 3.05) is 19.0 Å². The molecule has 26 heavy (non-hydrogen) atoms. The molecule has 0 saturated heterocycles. The van der Waals surface area contributed by atoms with Gasteiger partial charge in [-0.25, -0.2) is 14.5 Å². The Morgan fingerprint density at radius 2 is 1.81 bits per heavy atom. The highest BCUT2D eigenvalue weighted by molar-refractivity contribution is 5.74. The van der Waals surface area contributed by atoms with Crippen LogP contribution in [0.3, 0.4) is 0 Å². The van der Waals surface area contributed by atoms with Crippen LogP contribution in [-0.2, 0) is 13.1 Å². The highest BCUT2D eigenvalue weighted by Crippen LogP contribution is 2.13. The molecule has 0 aliphatic rings. The van der Waals surface area contributed by atoms with Crippen LogP contribution in [0.5, 0.6) is 0 Å². The molecule has 2 amide bonds. The van der Waals surface area contributed by atoms with Gasteiger partial charge in [-0.1, -0.05) is 18.2 Å². The number of pyridine rings is 1. The van der Waals surface area contributed by atoms with Gasteiger partial charge in [0, 0.05) is 51.3 Å². The summed E-state index contributed by atoms with van der Waals surface area (Å²) < 4.78 is 1.79. The van der Waals surface area contributed by atoms with E-state index >= 15 is 0 Å². The van der Waals surface area contributed by atoms with E-state index in [1.54, 1.807) is 17.1 Å². The summed E-state index contributed by atoms with van der Waals surface area (Å²) in [6.45, 7) is 0.879. The fourth-order valence-corrected chi connectivity index (χ4v) is 2.58. The first-order valence-corrected chi connectivity index (χ1v) is 8.35. The lowest BCUT2D eigenvalue weighted by Crippen LogP contribution is -2.35. The van der Waals surface area contributed by atoms with Crippen molar-refractivity contribution in [2.45, 2.75) is 13.1 Å². The molecule has 2 aromatic heterocycles. The minimum Gasteiger partial charge on any atom is -0.362 e. The van der Waals surface area contributed by atoms with Gasteiger partial charge in [0.05, 0.1) is 5.69 Å². The van der Waals surface area contributed by atoms with Crippen LogP contribution in [-0.4, -0.2) is 34.9 Å². The van der Waals surface area contributed by atoms with Crippen molar-refractivity contribution < 1.29 is 4.79 Å². The first kappa shape index (κ1) is 17.5. The highest BCUT2D eigenvalue weighted by Gasteiger charge is 2.07. The Bertz CT molecular complexity index is 843. The lowest BCUT2D eigenvalue weighted by Gasteiger charge is -2.16. The van der Waals surface area contributed by atoms with Crippen LogP contribution in [0.15, 0.2) is 61.1 Å². The molecular formula is C19H22N6O. The number of benzene rings is 1. The topological polar surface area (TPSA) is 75.1 Å². The summed E-state index contributed by atoms with van der Waals surface area (Å²) in [7, 11) is 3.86. The lowest BCUT2D eigenvalue weighted by atomic mass is 10.2. The fraction of sp³-hybridized carbons (Fsp3) is 0.211. The molecule has 2 N–H and O–H groups in total. The summed E-state index contributed by atoms with van der Waals surface area (Å²) in [5.74, 6) is 0.849. The minimum atomic E-state index is -0.213. The van der Waals surface area contributed by atoms with Crippen LogP contribution in [0.2, 0.25) is 0 Å². The van der Waals surface area contributed by atoms with Crippen molar-refractivity contribution in [1.82, 2.24) is 25.4 Å². The largest absolute Gasteiger partial charge is 0.362 e. The maximum atomic E-state index is 12.1. The molecule has 0 fully saturated rings. The molecule has 0 aliphatic carbocycles. The second-order valence-corrected chi connectivity index (χ2v) is 6.03. The number of rotatable bonds is 6. The summed E-state index contributed by atoms with van der Waals surface area (Å²) >= 11 is 0. The average molecular weight is 350 g/mol. The number of amides is 2. The van der Waals surface area contributed by atoms with Gasteiger partial charge in [0.2, 0.25) is 0 Å². The summed E-state index contributed by atoms with van der Waals surface area (Å²) in [6, 6.07) is 13.4. The van der Waals surface area contributed by atoms with Crippen LogP contribution in [0, 0.1) is 0 Å². The zero-order chi connectivity index (χ0) is 18.4. The van der Waals surface area contributed by atoms with Gasteiger partial charge in [-0.2, -0.15) is 5.10 Å². The SMILES string of the molecule is CN(C)c1ncccc1CNC(=O)NCc1ccc(-n2cccn2)cc1. The molecule has 3 aromatic rings. The third-order valence-corrected chi connectivity index (χ3v) is 3.89. The van der Waals surface area contributed by atoms with E-state index in [0.29, 0.717) is 13.1 Å². The second kappa shape index (κ2) is 8.15. The summed E-state index contributed by atoms with van der Waals surface area (Å²) in [6.07, 6.45) is 5.37. The van der Waals surface area contributed by atoms with Gasteiger partial charge in [0.25, 0.3) is 0 Å². The van der Waals surface area contributed by atoms with Crippen LogP contribution in [0.1, 0.15) is 11.1 Å². The first-order chi connectivity index (χ1) is 12.6. The molecule has 0 aliphatic heterocycles. The molecule has 0 spiro atoms. The Morgan fingerprint density at radius 3 is 2.50 bits per heavy atom. The quantitative estimate of drug-likeness (QED) is 0.715. The van der Waals surface area contributed by atoms with Crippen molar-refractivity contribution in [3.05, 3.63) is 72.2 Å². The number of nitrogens with zero attached hydrogens (tertiary/aromatic N) is 4. The molecule has 0 atom stereocenters. The van der Waals surface area contributed by atoms with Crippen molar-refractivity contribution >= 4 is 11.8 Å². The fourth-order valence-electron chi connectivity index (χ4n) is 2.58. The maximum Gasteiger partial charge on any atom is 0.315 e. The van der Waals surface area contributed by atoms with Crippen LogP contribution >= 0.6 is 0 Å². The van der Waals surface area contributed by atoms with Gasteiger partial charge < -0.3 is 15.5 Å². The number of aromatic nitrogens is 3. The molecule has 7 heteroatoms. The van der Waals surface area contributed by atoms with Crippen LogP contribution in [0.25, 0.3) is 5.69 Å². The van der Waals surface area contributed by atoms with Gasteiger partial charge in [-0.05, 0) is 29.8 Å². The monoisotopic (exact) mass is 350 g/mol. The van der Waals surface area contributed by atoms with E-state index in [1.807, 2.05) is 67.7 Å². The molecule has 0 bridgehead atoms. The minimum absolute atomic E-state index is 0.213. The molecule has 7 nitrogen and oxygen atoms in total. The number of nitrogens with one attached hydrogen (secondary N) is 2. The van der Waals surface area contributed by atoms with Crippen molar-refractivity contribution in [3.8, 4) is 5.69 Å². The van der Waals surface area contributed by atoms with Crippen molar-refractivity contribution in [1.29, 1.82) is 0 Å². The van der Waals surface area contributed by atoms with E-state index in [-0.39, 0.29) is 6.03 Å². The Kier molecular flexibility index (Phi) is 5.48. The van der Waals surface area contributed by atoms with Gasteiger partial charge in [-0.15, -0.1) is 0 Å². The Morgan fingerprint density at radius 1 is 1.04 bits per heavy atom. The predicted molar refractivity (Wildman–Crippen MR) is 101 cm³/mol. The Labute approximate surface area is 152 Å².